The Bertz CT molecular complexity index is 364. The molecule has 1 rings (SSSR count). The molecule has 0 unspecified atom stereocenters. The van der Waals surface area contributed by atoms with Gasteiger partial charge in [0.05, 0.1) is 0 Å². The highest BCUT2D eigenvalue weighted by molar-refractivity contribution is 5.99. The second-order valence-electron chi connectivity index (χ2n) is 4.21. The van der Waals surface area contributed by atoms with Crippen molar-refractivity contribution >= 4 is 5.78 Å². The highest BCUT2D eigenvalue weighted by atomic mass is 19.2. The van der Waals surface area contributed by atoms with Crippen molar-refractivity contribution in [3.05, 3.63) is 35.4 Å². The Kier molecular flexibility index (Phi) is 2.69. The minimum absolute atomic E-state index is 0.198. The number of rotatable bonds is 1. The van der Waals surface area contributed by atoms with Crippen LogP contribution in [-0.2, 0) is 0 Å². The van der Waals surface area contributed by atoms with Gasteiger partial charge < -0.3 is 0 Å². The second kappa shape index (κ2) is 3.48. The summed E-state index contributed by atoms with van der Waals surface area (Å²) in [5.74, 6) is -2.12. The molecular formula is C11H12F2O. The van der Waals surface area contributed by atoms with Crippen LogP contribution in [0.3, 0.4) is 0 Å². The summed E-state index contributed by atoms with van der Waals surface area (Å²) in [6.45, 7) is 5.20. The van der Waals surface area contributed by atoms with Gasteiger partial charge in [-0.2, -0.15) is 0 Å². The second-order valence-corrected chi connectivity index (χ2v) is 4.21. The lowest BCUT2D eigenvalue weighted by atomic mass is 9.86. The van der Waals surface area contributed by atoms with Crippen LogP contribution in [0.1, 0.15) is 31.1 Å². The lowest BCUT2D eigenvalue weighted by Crippen LogP contribution is -2.20. The molecule has 1 nitrogen and oxygen atoms in total. The van der Waals surface area contributed by atoms with Crippen molar-refractivity contribution in [2.24, 2.45) is 5.41 Å². The molecule has 0 radical (unpaired) electrons. The van der Waals surface area contributed by atoms with E-state index in [9.17, 15) is 13.6 Å². The van der Waals surface area contributed by atoms with Crippen LogP contribution in [0.4, 0.5) is 8.78 Å². The quantitative estimate of drug-likeness (QED) is 0.633. The van der Waals surface area contributed by atoms with E-state index >= 15 is 0 Å². The number of carbonyl (C=O) groups is 1. The summed E-state index contributed by atoms with van der Waals surface area (Å²) in [4.78, 5) is 11.6. The zero-order valence-corrected chi connectivity index (χ0v) is 8.40. The number of Topliss-reactive ketones (excluding diaryl/α,β-unsaturated/α-hetero) is 1. The third-order valence-corrected chi connectivity index (χ3v) is 1.86. The molecule has 0 aliphatic rings. The van der Waals surface area contributed by atoms with Gasteiger partial charge in [-0.25, -0.2) is 8.78 Å². The fourth-order valence-electron chi connectivity index (χ4n) is 1.07. The zero-order chi connectivity index (χ0) is 10.9. The van der Waals surface area contributed by atoms with Crippen LogP contribution in [0.15, 0.2) is 18.2 Å². The molecule has 14 heavy (non-hydrogen) atoms. The van der Waals surface area contributed by atoms with Gasteiger partial charge >= 0.3 is 0 Å². The maximum absolute atomic E-state index is 12.8. The van der Waals surface area contributed by atoms with Crippen molar-refractivity contribution in [3.63, 3.8) is 0 Å². The molecule has 0 saturated heterocycles. The standard InChI is InChI=1S/C11H12F2O/c1-11(2,3)10(14)7-4-5-8(12)9(13)6-7/h4-6H,1-3H3. The molecule has 3 heteroatoms. The first kappa shape index (κ1) is 10.8. The molecule has 1 aromatic carbocycles. The number of ketones is 1. The molecule has 0 heterocycles. The summed E-state index contributed by atoms with van der Waals surface area (Å²) in [5, 5.41) is 0. The van der Waals surface area contributed by atoms with Crippen molar-refractivity contribution in [1.82, 2.24) is 0 Å². The number of benzene rings is 1. The molecule has 1 aromatic rings. The van der Waals surface area contributed by atoms with E-state index in [0.717, 1.165) is 12.1 Å². The molecular weight excluding hydrogens is 186 g/mol. The first-order chi connectivity index (χ1) is 6.32. The Morgan fingerprint density at radius 2 is 1.71 bits per heavy atom. The fourth-order valence-corrected chi connectivity index (χ4v) is 1.07. The van der Waals surface area contributed by atoms with Gasteiger partial charge in [-0.05, 0) is 18.2 Å². The zero-order valence-electron chi connectivity index (χ0n) is 8.40. The number of carbonyl (C=O) groups excluding carboxylic acids is 1. The molecule has 0 saturated carbocycles. The van der Waals surface area contributed by atoms with Gasteiger partial charge in [0, 0.05) is 11.0 Å². The first-order valence-corrected chi connectivity index (χ1v) is 4.32. The van der Waals surface area contributed by atoms with Gasteiger partial charge in [-0.15, -0.1) is 0 Å². The van der Waals surface area contributed by atoms with E-state index < -0.39 is 17.0 Å². The average molecular weight is 198 g/mol. The Labute approximate surface area is 81.7 Å². The smallest absolute Gasteiger partial charge is 0.168 e. The van der Waals surface area contributed by atoms with Crippen molar-refractivity contribution in [2.75, 3.05) is 0 Å². The van der Waals surface area contributed by atoms with E-state index in [-0.39, 0.29) is 11.3 Å². The molecule has 0 atom stereocenters. The fraction of sp³-hybridized carbons (Fsp3) is 0.364. The van der Waals surface area contributed by atoms with Gasteiger partial charge in [-0.3, -0.25) is 4.79 Å². The van der Waals surface area contributed by atoms with E-state index in [2.05, 4.69) is 0 Å². The average Bonchev–Trinajstić information content (AvgIpc) is 2.07. The van der Waals surface area contributed by atoms with Gasteiger partial charge in [0.15, 0.2) is 17.4 Å². The minimum Gasteiger partial charge on any atom is -0.294 e. The normalized spacial score (nSPS) is 11.5. The highest BCUT2D eigenvalue weighted by Crippen LogP contribution is 2.21. The summed E-state index contributed by atoms with van der Waals surface area (Å²) >= 11 is 0. The molecule has 0 spiro atoms. The van der Waals surface area contributed by atoms with E-state index in [1.165, 1.54) is 6.07 Å². The third kappa shape index (κ3) is 2.16. The summed E-state index contributed by atoms with van der Waals surface area (Å²) in [6.07, 6.45) is 0. The predicted molar refractivity (Wildman–Crippen MR) is 50.1 cm³/mol. The van der Waals surface area contributed by atoms with Gasteiger partial charge in [0.25, 0.3) is 0 Å². The number of hydrogen-bond acceptors (Lipinski definition) is 1. The van der Waals surface area contributed by atoms with E-state index in [1.807, 2.05) is 0 Å². The summed E-state index contributed by atoms with van der Waals surface area (Å²) in [5.41, 5.74) is -0.374. The van der Waals surface area contributed by atoms with Crippen LogP contribution in [-0.4, -0.2) is 5.78 Å². The van der Waals surface area contributed by atoms with Crippen molar-refractivity contribution in [2.45, 2.75) is 20.8 Å². The predicted octanol–water partition coefficient (Wildman–Crippen LogP) is 3.19. The Hall–Kier alpha value is -1.25. The van der Waals surface area contributed by atoms with Crippen LogP contribution >= 0.6 is 0 Å². The number of hydrogen-bond donors (Lipinski definition) is 0. The summed E-state index contributed by atoms with van der Waals surface area (Å²) < 4.78 is 25.4. The lowest BCUT2D eigenvalue weighted by Gasteiger charge is -2.16. The maximum atomic E-state index is 12.8. The minimum atomic E-state index is -0.986. The van der Waals surface area contributed by atoms with Crippen molar-refractivity contribution in [1.29, 1.82) is 0 Å². The molecule has 0 amide bonds. The summed E-state index contributed by atoms with van der Waals surface area (Å²) in [7, 11) is 0. The third-order valence-electron chi connectivity index (χ3n) is 1.86. The molecule has 0 N–H and O–H groups in total. The van der Waals surface area contributed by atoms with Crippen LogP contribution in [0.25, 0.3) is 0 Å². The van der Waals surface area contributed by atoms with Crippen LogP contribution < -0.4 is 0 Å². The Balaban J connectivity index is 3.10. The van der Waals surface area contributed by atoms with Crippen LogP contribution in [0.2, 0.25) is 0 Å². The van der Waals surface area contributed by atoms with Crippen molar-refractivity contribution in [3.8, 4) is 0 Å². The molecule has 0 aromatic heterocycles. The highest BCUT2D eigenvalue weighted by Gasteiger charge is 2.23. The first-order valence-electron chi connectivity index (χ1n) is 4.32. The van der Waals surface area contributed by atoms with Gasteiger partial charge in [0.2, 0.25) is 0 Å². The molecule has 0 aliphatic carbocycles. The molecule has 0 bridgehead atoms. The summed E-state index contributed by atoms with van der Waals surface area (Å²) in [6, 6.07) is 3.20. The van der Waals surface area contributed by atoms with Gasteiger partial charge in [0.1, 0.15) is 0 Å². The van der Waals surface area contributed by atoms with E-state index in [0.29, 0.717) is 0 Å². The van der Waals surface area contributed by atoms with Gasteiger partial charge in [-0.1, -0.05) is 20.8 Å². The van der Waals surface area contributed by atoms with E-state index in [1.54, 1.807) is 20.8 Å². The van der Waals surface area contributed by atoms with E-state index in [4.69, 9.17) is 0 Å². The molecule has 76 valence electrons. The molecule has 0 aliphatic heterocycles. The Morgan fingerprint density at radius 3 is 2.14 bits per heavy atom. The maximum Gasteiger partial charge on any atom is 0.168 e. The lowest BCUT2D eigenvalue weighted by molar-refractivity contribution is 0.0858. The topological polar surface area (TPSA) is 17.1 Å². The largest absolute Gasteiger partial charge is 0.294 e. The SMILES string of the molecule is CC(C)(C)C(=O)c1ccc(F)c(F)c1. The van der Waals surface area contributed by atoms with Crippen molar-refractivity contribution < 1.29 is 13.6 Å². The number of halogens is 2. The monoisotopic (exact) mass is 198 g/mol. The van der Waals surface area contributed by atoms with Crippen LogP contribution in [0, 0.1) is 17.0 Å². The van der Waals surface area contributed by atoms with Crippen LogP contribution in [0.5, 0.6) is 0 Å². The molecule has 0 fully saturated rings. The Morgan fingerprint density at radius 1 is 1.14 bits per heavy atom.